The van der Waals surface area contributed by atoms with Crippen molar-refractivity contribution in [1.82, 2.24) is 4.57 Å². The number of hydrogen-bond acceptors (Lipinski definition) is 0. The molecule has 1 nitrogen and oxygen atoms in total. The summed E-state index contributed by atoms with van der Waals surface area (Å²) in [6.45, 7) is 4.35. The monoisotopic (exact) mass is 173 g/mol. The van der Waals surface area contributed by atoms with Crippen LogP contribution in [0.1, 0.15) is 18.1 Å². The van der Waals surface area contributed by atoms with Crippen molar-refractivity contribution in [3.8, 4) is 0 Å². The van der Waals surface area contributed by atoms with Crippen LogP contribution >= 0.6 is 0 Å². The zero-order valence-corrected chi connectivity index (χ0v) is 8.46. The molecule has 1 aromatic carbocycles. The first kappa shape index (κ1) is 8.36. The Morgan fingerprint density at radius 2 is 2.08 bits per heavy atom. The predicted octanol–water partition coefficient (Wildman–Crippen LogP) is 3.05. The molecule has 0 amide bonds. The summed E-state index contributed by atoms with van der Waals surface area (Å²) in [5, 5.41) is 1.37. The SMILES string of the molecule is CCc1ccc2c(C)cn(C)c2c1. The number of rotatable bonds is 1. The average Bonchev–Trinajstić information content (AvgIpc) is 2.42. The van der Waals surface area contributed by atoms with Crippen LogP contribution in [-0.4, -0.2) is 4.57 Å². The van der Waals surface area contributed by atoms with E-state index in [1.54, 1.807) is 0 Å². The van der Waals surface area contributed by atoms with Gasteiger partial charge in [-0.15, -0.1) is 0 Å². The molecule has 2 aromatic rings. The molecule has 0 radical (unpaired) electrons. The lowest BCUT2D eigenvalue weighted by molar-refractivity contribution is 0.961. The highest BCUT2D eigenvalue weighted by molar-refractivity contribution is 5.84. The summed E-state index contributed by atoms with van der Waals surface area (Å²) >= 11 is 0. The van der Waals surface area contributed by atoms with Crippen molar-refractivity contribution in [2.45, 2.75) is 20.3 Å². The Morgan fingerprint density at radius 3 is 2.77 bits per heavy atom. The van der Waals surface area contributed by atoms with Crippen LogP contribution < -0.4 is 0 Å². The first-order valence-corrected chi connectivity index (χ1v) is 4.77. The maximum Gasteiger partial charge on any atom is 0.0483 e. The van der Waals surface area contributed by atoms with Crippen LogP contribution in [0.25, 0.3) is 10.9 Å². The summed E-state index contributed by atoms with van der Waals surface area (Å²) < 4.78 is 2.20. The Hall–Kier alpha value is -1.24. The van der Waals surface area contributed by atoms with Crippen LogP contribution in [0.4, 0.5) is 0 Å². The van der Waals surface area contributed by atoms with Crippen LogP contribution in [0.2, 0.25) is 0 Å². The van der Waals surface area contributed by atoms with E-state index in [2.05, 4.69) is 49.9 Å². The Morgan fingerprint density at radius 1 is 1.31 bits per heavy atom. The molecule has 0 aliphatic heterocycles. The van der Waals surface area contributed by atoms with Crippen LogP contribution in [-0.2, 0) is 13.5 Å². The maximum atomic E-state index is 2.28. The minimum Gasteiger partial charge on any atom is -0.350 e. The quantitative estimate of drug-likeness (QED) is 0.624. The molecule has 0 spiro atoms. The van der Waals surface area contributed by atoms with Crippen molar-refractivity contribution in [3.05, 3.63) is 35.5 Å². The second-order valence-corrected chi connectivity index (χ2v) is 3.63. The van der Waals surface area contributed by atoms with Gasteiger partial charge >= 0.3 is 0 Å². The number of nitrogens with zero attached hydrogens (tertiary/aromatic N) is 1. The molecule has 1 aromatic heterocycles. The summed E-state index contributed by atoms with van der Waals surface area (Å²) in [6, 6.07) is 6.72. The number of benzene rings is 1. The number of hydrogen-bond donors (Lipinski definition) is 0. The molecule has 0 atom stereocenters. The smallest absolute Gasteiger partial charge is 0.0483 e. The zero-order chi connectivity index (χ0) is 9.42. The lowest BCUT2D eigenvalue weighted by Gasteiger charge is -1.99. The van der Waals surface area contributed by atoms with Gasteiger partial charge in [0.05, 0.1) is 0 Å². The normalized spacial score (nSPS) is 11.0. The van der Waals surface area contributed by atoms with Gasteiger partial charge in [0.2, 0.25) is 0 Å². The Kier molecular flexibility index (Phi) is 1.87. The maximum absolute atomic E-state index is 2.28. The van der Waals surface area contributed by atoms with E-state index in [1.165, 1.54) is 22.0 Å². The summed E-state index contributed by atoms with van der Waals surface area (Å²) in [7, 11) is 2.11. The third kappa shape index (κ3) is 1.24. The van der Waals surface area contributed by atoms with E-state index in [9.17, 15) is 0 Å². The lowest BCUT2D eigenvalue weighted by atomic mass is 10.1. The van der Waals surface area contributed by atoms with Crippen molar-refractivity contribution < 1.29 is 0 Å². The molecule has 0 N–H and O–H groups in total. The topological polar surface area (TPSA) is 4.93 Å². The fourth-order valence-corrected chi connectivity index (χ4v) is 1.85. The van der Waals surface area contributed by atoms with Gasteiger partial charge in [0, 0.05) is 24.1 Å². The van der Waals surface area contributed by atoms with Crippen LogP contribution in [0.5, 0.6) is 0 Å². The van der Waals surface area contributed by atoms with Gasteiger partial charge in [0.1, 0.15) is 0 Å². The van der Waals surface area contributed by atoms with Crippen molar-refractivity contribution in [3.63, 3.8) is 0 Å². The highest BCUT2D eigenvalue weighted by atomic mass is 14.9. The molecule has 1 heterocycles. The molecular formula is C12H15N. The minimum absolute atomic E-state index is 1.11. The summed E-state index contributed by atoms with van der Waals surface area (Å²) in [6.07, 6.45) is 3.30. The Labute approximate surface area is 79.0 Å². The molecule has 0 saturated heterocycles. The highest BCUT2D eigenvalue weighted by Gasteiger charge is 2.02. The largest absolute Gasteiger partial charge is 0.350 e. The van der Waals surface area contributed by atoms with Crippen molar-refractivity contribution in [1.29, 1.82) is 0 Å². The van der Waals surface area contributed by atoms with Crippen LogP contribution in [0, 0.1) is 6.92 Å². The average molecular weight is 173 g/mol. The highest BCUT2D eigenvalue weighted by Crippen LogP contribution is 2.21. The van der Waals surface area contributed by atoms with E-state index in [1.807, 2.05) is 0 Å². The molecule has 68 valence electrons. The second kappa shape index (κ2) is 2.91. The zero-order valence-electron chi connectivity index (χ0n) is 8.46. The Bertz CT molecular complexity index is 438. The van der Waals surface area contributed by atoms with Crippen molar-refractivity contribution in [2.24, 2.45) is 7.05 Å². The third-order valence-corrected chi connectivity index (χ3v) is 2.66. The molecule has 2 rings (SSSR count). The van der Waals surface area contributed by atoms with Crippen molar-refractivity contribution >= 4 is 10.9 Å². The van der Waals surface area contributed by atoms with E-state index in [0.717, 1.165) is 6.42 Å². The van der Waals surface area contributed by atoms with E-state index >= 15 is 0 Å². The molecule has 0 fully saturated rings. The van der Waals surface area contributed by atoms with Crippen LogP contribution in [0.15, 0.2) is 24.4 Å². The van der Waals surface area contributed by atoms with Crippen molar-refractivity contribution in [2.75, 3.05) is 0 Å². The molecule has 0 aliphatic rings. The third-order valence-electron chi connectivity index (χ3n) is 2.66. The fraction of sp³-hybridized carbons (Fsp3) is 0.333. The van der Waals surface area contributed by atoms with Gasteiger partial charge in [-0.2, -0.15) is 0 Å². The number of fused-ring (bicyclic) bond motifs is 1. The van der Waals surface area contributed by atoms with Gasteiger partial charge in [-0.05, 0) is 30.5 Å². The number of aromatic nitrogens is 1. The second-order valence-electron chi connectivity index (χ2n) is 3.63. The van der Waals surface area contributed by atoms with Gasteiger partial charge in [0.15, 0.2) is 0 Å². The molecule has 0 aliphatic carbocycles. The standard InChI is InChI=1S/C12H15N/c1-4-10-5-6-11-9(2)8-13(3)12(11)7-10/h5-8H,4H2,1-3H3. The first-order valence-electron chi connectivity index (χ1n) is 4.77. The van der Waals surface area contributed by atoms with Crippen LogP contribution in [0.3, 0.4) is 0 Å². The predicted molar refractivity (Wildman–Crippen MR) is 57.0 cm³/mol. The minimum atomic E-state index is 1.11. The van der Waals surface area contributed by atoms with E-state index < -0.39 is 0 Å². The van der Waals surface area contributed by atoms with E-state index in [4.69, 9.17) is 0 Å². The molecule has 0 unspecified atom stereocenters. The summed E-state index contributed by atoms with van der Waals surface area (Å²) in [5.74, 6) is 0. The van der Waals surface area contributed by atoms with Gasteiger partial charge in [-0.25, -0.2) is 0 Å². The molecule has 13 heavy (non-hydrogen) atoms. The van der Waals surface area contributed by atoms with E-state index in [0.29, 0.717) is 0 Å². The van der Waals surface area contributed by atoms with E-state index in [-0.39, 0.29) is 0 Å². The van der Waals surface area contributed by atoms with Gasteiger partial charge in [-0.3, -0.25) is 0 Å². The Balaban J connectivity index is 2.76. The first-order chi connectivity index (χ1) is 6.22. The number of aryl methyl sites for hydroxylation is 3. The summed E-state index contributed by atoms with van der Waals surface area (Å²) in [5.41, 5.74) is 4.12. The van der Waals surface area contributed by atoms with Gasteiger partial charge < -0.3 is 4.57 Å². The molecule has 0 saturated carbocycles. The van der Waals surface area contributed by atoms with Gasteiger partial charge in [-0.1, -0.05) is 19.1 Å². The molecule has 0 bridgehead atoms. The summed E-state index contributed by atoms with van der Waals surface area (Å²) in [4.78, 5) is 0. The molecular weight excluding hydrogens is 158 g/mol. The lowest BCUT2D eigenvalue weighted by Crippen LogP contribution is -1.85. The fourth-order valence-electron chi connectivity index (χ4n) is 1.85. The molecule has 1 heteroatoms. The van der Waals surface area contributed by atoms with Gasteiger partial charge in [0.25, 0.3) is 0 Å².